The number of benzene rings is 2. The number of halogens is 1. The fourth-order valence-corrected chi connectivity index (χ4v) is 2.61. The fourth-order valence-electron chi connectivity index (χ4n) is 1.62. The number of hydrogen-bond donors (Lipinski definition) is 1. The third-order valence-electron chi connectivity index (χ3n) is 2.46. The third kappa shape index (κ3) is 3.08. The zero-order valence-corrected chi connectivity index (χ0v) is 10.4. The third-order valence-corrected chi connectivity index (χ3v) is 3.57. The van der Waals surface area contributed by atoms with Crippen molar-refractivity contribution in [3.8, 4) is 0 Å². The lowest BCUT2D eigenvalue weighted by molar-refractivity contribution is 0.624. The van der Waals surface area contributed by atoms with Crippen molar-refractivity contribution in [1.82, 2.24) is 0 Å². The zero-order valence-electron chi connectivity index (χ0n) is 9.61. The van der Waals surface area contributed by atoms with Crippen LogP contribution in [0.5, 0.6) is 0 Å². The molecule has 0 aromatic heterocycles. The average Bonchev–Trinajstić information content (AvgIpc) is 2.31. The largest absolute Gasteiger partial charge is 0.326 e. The predicted molar refractivity (Wildman–Crippen MR) is 69.6 cm³/mol. The van der Waals surface area contributed by atoms with Crippen LogP contribution in [0.15, 0.2) is 52.3 Å². The molecule has 88 valence electrons. The lowest BCUT2D eigenvalue weighted by Gasteiger charge is -2.08. The Morgan fingerprint density at radius 1 is 1.18 bits per heavy atom. The Labute approximate surface area is 105 Å². The van der Waals surface area contributed by atoms with E-state index in [0.29, 0.717) is 6.54 Å². The Hall–Kier alpha value is -1.32. The maximum atomic E-state index is 13.1. The van der Waals surface area contributed by atoms with Gasteiger partial charge >= 0.3 is 0 Å². The Balaban J connectivity index is 2.29. The van der Waals surface area contributed by atoms with Gasteiger partial charge in [-0.1, -0.05) is 35.5 Å². The van der Waals surface area contributed by atoms with E-state index in [9.17, 15) is 4.39 Å². The standard InChI is InChI=1S/C14H14FNS/c1-10-5-6-14(11(7-10)9-16)17-13-4-2-3-12(15)8-13/h2-8H,9,16H2,1H3. The highest BCUT2D eigenvalue weighted by Crippen LogP contribution is 2.31. The van der Waals surface area contributed by atoms with E-state index in [1.807, 2.05) is 25.1 Å². The first kappa shape index (κ1) is 12.1. The Kier molecular flexibility index (Phi) is 3.82. The van der Waals surface area contributed by atoms with E-state index >= 15 is 0 Å². The minimum Gasteiger partial charge on any atom is -0.326 e. The van der Waals surface area contributed by atoms with E-state index < -0.39 is 0 Å². The minimum absolute atomic E-state index is 0.212. The van der Waals surface area contributed by atoms with Crippen molar-refractivity contribution in [1.29, 1.82) is 0 Å². The summed E-state index contributed by atoms with van der Waals surface area (Å²) in [6.07, 6.45) is 0. The average molecular weight is 247 g/mol. The van der Waals surface area contributed by atoms with Gasteiger partial charge in [-0.2, -0.15) is 0 Å². The molecule has 0 bridgehead atoms. The first-order valence-electron chi connectivity index (χ1n) is 5.42. The van der Waals surface area contributed by atoms with Gasteiger partial charge in [0.05, 0.1) is 0 Å². The van der Waals surface area contributed by atoms with Gasteiger partial charge in [-0.25, -0.2) is 4.39 Å². The van der Waals surface area contributed by atoms with Gasteiger partial charge in [-0.15, -0.1) is 0 Å². The molecule has 0 heterocycles. The molecule has 0 atom stereocenters. The summed E-state index contributed by atoms with van der Waals surface area (Å²) in [5.74, 6) is -0.212. The molecule has 0 amide bonds. The van der Waals surface area contributed by atoms with Crippen molar-refractivity contribution in [3.63, 3.8) is 0 Å². The van der Waals surface area contributed by atoms with E-state index in [-0.39, 0.29) is 5.82 Å². The van der Waals surface area contributed by atoms with Crippen LogP contribution in [-0.4, -0.2) is 0 Å². The highest BCUT2D eigenvalue weighted by atomic mass is 32.2. The number of rotatable bonds is 3. The maximum Gasteiger partial charge on any atom is 0.124 e. The normalized spacial score (nSPS) is 10.5. The number of hydrogen-bond acceptors (Lipinski definition) is 2. The Bertz CT molecular complexity index is 525. The number of aryl methyl sites for hydroxylation is 1. The van der Waals surface area contributed by atoms with Crippen LogP contribution in [0.4, 0.5) is 4.39 Å². The molecule has 0 saturated heterocycles. The van der Waals surface area contributed by atoms with Crippen molar-refractivity contribution in [2.24, 2.45) is 5.73 Å². The quantitative estimate of drug-likeness (QED) is 0.894. The molecule has 0 aliphatic rings. The molecule has 2 aromatic carbocycles. The van der Waals surface area contributed by atoms with Gasteiger partial charge in [0, 0.05) is 16.3 Å². The minimum atomic E-state index is -0.212. The van der Waals surface area contributed by atoms with E-state index in [0.717, 1.165) is 15.4 Å². The van der Waals surface area contributed by atoms with Crippen molar-refractivity contribution < 1.29 is 4.39 Å². The van der Waals surface area contributed by atoms with Gasteiger partial charge < -0.3 is 5.73 Å². The highest BCUT2D eigenvalue weighted by molar-refractivity contribution is 7.99. The summed E-state index contributed by atoms with van der Waals surface area (Å²) in [5.41, 5.74) is 8.00. The van der Waals surface area contributed by atoms with E-state index in [1.54, 1.807) is 17.8 Å². The molecule has 0 spiro atoms. The molecule has 17 heavy (non-hydrogen) atoms. The Morgan fingerprint density at radius 2 is 2.00 bits per heavy atom. The van der Waals surface area contributed by atoms with Crippen LogP contribution in [0.25, 0.3) is 0 Å². The number of nitrogens with two attached hydrogens (primary N) is 1. The van der Waals surface area contributed by atoms with Crippen LogP contribution in [0.2, 0.25) is 0 Å². The van der Waals surface area contributed by atoms with Gasteiger partial charge in [0.15, 0.2) is 0 Å². The SMILES string of the molecule is Cc1ccc(Sc2cccc(F)c2)c(CN)c1. The highest BCUT2D eigenvalue weighted by Gasteiger charge is 2.04. The Morgan fingerprint density at radius 3 is 2.71 bits per heavy atom. The van der Waals surface area contributed by atoms with Crippen LogP contribution >= 0.6 is 11.8 Å². The van der Waals surface area contributed by atoms with E-state index in [2.05, 4.69) is 6.07 Å². The molecular weight excluding hydrogens is 233 g/mol. The van der Waals surface area contributed by atoms with Crippen molar-refractivity contribution in [2.45, 2.75) is 23.3 Å². The lowest BCUT2D eigenvalue weighted by atomic mass is 10.1. The van der Waals surface area contributed by atoms with Gasteiger partial charge in [0.2, 0.25) is 0 Å². The van der Waals surface area contributed by atoms with Gasteiger partial charge in [-0.05, 0) is 36.8 Å². The molecule has 2 N–H and O–H groups in total. The molecule has 0 aliphatic heterocycles. The van der Waals surface area contributed by atoms with Crippen molar-refractivity contribution in [2.75, 3.05) is 0 Å². The lowest BCUT2D eigenvalue weighted by Crippen LogP contribution is -1.98. The van der Waals surface area contributed by atoms with E-state index in [1.165, 1.54) is 17.7 Å². The van der Waals surface area contributed by atoms with Crippen LogP contribution in [-0.2, 0) is 6.54 Å². The maximum absolute atomic E-state index is 13.1. The molecule has 1 nitrogen and oxygen atoms in total. The first-order chi connectivity index (χ1) is 8.19. The second kappa shape index (κ2) is 5.34. The van der Waals surface area contributed by atoms with Crippen LogP contribution in [0, 0.1) is 12.7 Å². The van der Waals surface area contributed by atoms with Gasteiger partial charge in [-0.3, -0.25) is 0 Å². The summed E-state index contributed by atoms with van der Waals surface area (Å²) >= 11 is 1.54. The van der Waals surface area contributed by atoms with Crippen molar-refractivity contribution >= 4 is 11.8 Å². The molecule has 0 unspecified atom stereocenters. The van der Waals surface area contributed by atoms with Crippen LogP contribution < -0.4 is 5.73 Å². The molecule has 0 fully saturated rings. The molecular formula is C14H14FNS. The monoisotopic (exact) mass is 247 g/mol. The smallest absolute Gasteiger partial charge is 0.124 e. The zero-order chi connectivity index (χ0) is 12.3. The fraction of sp³-hybridized carbons (Fsp3) is 0.143. The molecule has 0 radical (unpaired) electrons. The summed E-state index contributed by atoms with van der Waals surface area (Å²) in [6.45, 7) is 2.54. The van der Waals surface area contributed by atoms with Gasteiger partial charge in [0.25, 0.3) is 0 Å². The topological polar surface area (TPSA) is 26.0 Å². The van der Waals surface area contributed by atoms with E-state index in [4.69, 9.17) is 5.73 Å². The first-order valence-corrected chi connectivity index (χ1v) is 6.23. The van der Waals surface area contributed by atoms with Gasteiger partial charge in [0.1, 0.15) is 5.82 Å². The molecule has 2 aromatic rings. The summed E-state index contributed by atoms with van der Waals surface area (Å²) in [4.78, 5) is 1.98. The molecule has 3 heteroatoms. The van der Waals surface area contributed by atoms with Crippen LogP contribution in [0.1, 0.15) is 11.1 Å². The van der Waals surface area contributed by atoms with Crippen LogP contribution in [0.3, 0.4) is 0 Å². The molecule has 0 saturated carbocycles. The summed E-state index contributed by atoms with van der Waals surface area (Å²) < 4.78 is 13.1. The molecule has 0 aliphatic carbocycles. The summed E-state index contributed by atoms with van der Waals surface area (Å²) in [6, 6.07) is 12.7. The second-order valence-corrected chi connectivity index (χ2v) is 4.99. The summed E-state index contributed by atoms with van der Waals surface area (Å²) in [7, 11) is 0. The second-order valence-electron chi connectivity index (χ2n) is 3.87. The molecule has 2 rings (SSSR count). The van der Waals surface area contributed by atoms with Crippen molar-refractivity contribution in [3.05, 3.63) is 59.4 Å². The summed E-state index contributed by atoms with van der Waals surface area (Å²) in [5, 5.41) is 0. The predicted octanol–water partition coefficient (Wildman–Crippen LogP) is 3.74.